The minimum absolute atomic E-state index is 0.0258. The fourth-order valence-corrected chi connectivity index (χ4v) is 1.61. The first-order valence-electron chi connectivity index (χ1n) is 2.54. The molecule has 0 aromatic heterocycles. The molecule has 0 radical (unpaired) electrons. The van der Waals surface area contributed by atoms with Crippen molar-refractivity contribution in [2.45, 2.75) is 0 Å². The lowest BCUT2D eigenvalue weighted by Crippen LogP contribution is -2.29. The smallest absolute Gasteiger partial charge is 0.356 e. The second-order valence-electron chi connectivity index (χ2n) is 1.85. The highest BCUT2D eigenvalue weighted by Gasteiger charge is 2.23. The molecule has 1 aliphatic rings. The molecule has 8 heavy (non-hydrogen) atoms. The third kappa shape index (κ3) is 1.40. The molecule has 46 valence electrons. The fourth-order valence-electron chi connectivity index (χ4n) is 0.613. The van der Waals surface area contributed by atoms with E-state index in [1.165, 1.54) is 0 Å². The van der Waals surface area contributed by atoms with Gasteiger partial charge in [-0.2, -0.15) is 0 Å². The average Bonchev–Trinajstić information content (AvgIpc) is 1.64. The standard InChI is InChI=1S/C5H9O2S/c1-8-3-2-7-5(6)4-8/h2-4H2,1H3/q+1. The lowest BCUT2D eigenvalue weighted by atomic mass is 10.7. The molecule has 0 aliphatic carbocycles. The molecule has 0 spiro atoms. The first kappa shape index (κ1) is 5.95. The molecule has 0 N–H and O–H groups in total. The van der Waals surface area contributed by atoms with Crippen molar-refractivity contribution in [3.63, 3.8) is 0 Å². The molecule has 1 heterocycles. The van der Waals surface area contributed by atoms with E-state index in [-0.39, 0.29) is 5.97 Å². The van der Waals surface area contributed by atoms with Crippen molar-refractivity contribution in [2.24, 2.45) is 0 Å². The molecule has 0 aromatic carbocycles. The summed E-state index contributed by atoms with van der Waals surface area (Å²) in [6, 6.07) is 0. The number of esters is 1. The monoisotopic (exact) mass is 133 g/mol. The maximum atomic E-state index is 10.5. The molecule has 1 aliphatic heterocycles. The van der Waals surface area contributed by atoms with E-state index in [0.717, 1.165) is 5.75 Å². The van der Waals surface area contributed by atoms with Crippen LogP contribution < -0.4 is 0 Å². The van der Waals surface area contributed by atoms with Crippen LogP contribution in [-0.2, 0) is 20.4 Å². The highest BCUT2D eigenvalue weighted by atomic mass is 32.2. The van der Waals surface area contributed by atoms with Gasteiger partial charge in [0.15, 0.2) is 0 Å². The van der Waals surface area contributed by atoms with Crippen molar-refractivity contribution in [2.75, 3.05) is 24.4 Å². The van der Waals surface area contributed by atoms with Gasteiger partial charge in [0.2, 0.25) is 5.75 Å². The number of hydrogen-bond donors (Lipinski definition) is 0. The Kier molecular flexibility index (Phi) is 1.78. The summed E-state index contributed by atoms with van der Waals surface area (Å²) < 4.78 is 4.72. The second kappa shape index (κ2) is 2.40. The molecule has 1 saturated heterocycles. The number of ether oxygens (including phenoxy) is 1. The predicted octanol–water partition coefficient (Wildman–Crippen LogP) is -0.209. The van der Waals surface area contributed by atoms with E-state index < -0.39 is 0 Å². The van der Waals surface area contributed by atoms with Crippen molar-refractivity contribution in [3.05, 3.63) is 0 Å². The summed E-state index contributed by atoms with van der Waals surface area (Å²) in [5, 5.41) is 0. The lowest BCUT2D eigenvalue weighted by Gasteiger charge is -2.09. The number of hydrogen-bond acceptors (Lipinski definition) is 2. The van der Waals surface area contributed by atoms with Crippen molar-refractivity contribution in [3.8, 4) is 0 Å². The van der Waals surface area contributed by atoms with Crippen LogP contribution in [0.15, 0.2) is 0 Å². The zero-order valence-corrected chi connectivity index (χ0v) is 5.66. The molecule has 0 amide bonds. The van der Waals surface area contributed by atoms with E-state index in [2.05, 4.69) is 6.26 Å². The van der Waals surface area contributed by atoms with Crippen LogP contribution in [0.1, 0.15) is 0 Å². The first-order valence-corrected chi connectivity index (χ1v) is 4.51. The molecule has 0 saturated carbocycles. The van der Waals surface area contributed by atoms with Crippen LogP contribution in [0.2, 0.25) is 0 Å². The maximum absolute atomic E-state index is 10.5. The maximum Gasteiger partial charge on any atom is 0.356 e. The Morgan fingerprint density at radius 1 is 1.75 bits per heavy atom. The van der Waals surface area contributed by atoms with E-state index in [1.807, 2.05) is 0 Å². The van der Waals surface area contributed by atoms with Crippen LogP contribution in [0.3, 0.4) is 0 Å². The van der Waals surface area contributed by atoms with Crippen LogP contribution in [0.4, 0.5) is 0 Å². The molecule has 1 unspecified atom stereocenters. The molecule has 1 fully saturated rings. The lowest BCUT2D eigenvalue weighted by molar-refractivity contribution is -0.140. The molecule has 1 rings (SSSR count). The Balaban J connectivity index is 2.34. The van der Waals surface area contributed by atoms with Crippen molar-refractivity contribution in [1.29, 1.82) is 0 Å². The van der Waals surface area contributed by atoms with E-state index >= 15 is 0 Å². The van der Waals surface area contributed by atoms with Gasteiger partial charge in [-0.25, -0.2) is 4.79 Å². The van der Waals surface area contributed by atoms with E-state index in [9.17, 15) is 4.79 Å². The summed E-state index contributed by atoms with van der Waals surface area (Å²) in [6.07, 6.45) is 2.10. The SMILES string of the molecule is C[S+]1CCOC(=O)C1. The summed E-state index contributed by atoms with van der Waals surface area (Å²) in [7, 11) is 0.305. The summed E-state index contributed by atoms with van der Waals surface area (Å²) >= 11 is 0. The third-order valence-corrected chi connectivity index (χ3v) is 2.65. The Morgan fingerprint density at radius 3 is 2.88 bits per heavy atom. The van der Waals surface area contributed by atoms with Gasteiger partial charge in [-0.3, -0.25) is 0 Å². The van der Waals surface area contributed by atoms with Crippen molar-refractivity contribution in [1.82, 2.24) is 0 Å². The van der Waals surface area contributed by atoms with Gasteiger partial charge in [0.1, 0.15) is 12.4 Å². The normalized spacial score (nSPS) is 29.6. The summed E-state index contributed by atoms with van der Waals surface area (Å²) in [5.41, 5.74) is 0. The molecule has 3 heteroatoms. The Labute approximate surface area is 51.6 Å². The Hall–Kier alpha value is -0.180. The van der Waals surface area contributed by atoms with E-state index in [0.29, 0.717) is 23.3 Å². The van der Waals surface area contributed by atoms with Crippen molar-refractivity contribution < 1.29 is 9.53 Å². The quantitative estimate of drug-likeness (QED) is 0.337. The van der Waals surface area contributed by atoms with E-state index in [1.54, 1.807) is 0 Å². The minimum Gasteiger partial charge on any atom is -0.457 e. The number of carbonyl (C=O) groups excluding carboxylic acids is 1. The van der Waals surface area contributed by atoms with Crippen LogP contribution in [-0.4, -0.2) is 30.3 Å². The summed E-state index contributed by atoms with van der Waals surface area (Å²) in [5.74, 6) is 1.67. The molecular weight excluding hydrogens is 124 g/mol. The van der Waals surface area contributed by atoms with Gasteiger partial charge in [-0.1, -0.05) is 0 Å². The zero-order valence-electron chi connectivity index (χ0n) is 4.85. The molecular formula is C5H9O2S+. The second-order valence-corrected chi connectivity index (χ2v) is 4.11. The largest absolute Gasteiger partial charge is 0.457 e. The van der Waals surface area contributed by atoms with Gasteiger partial charge >= 0.3 is 5.97 Å². The predicted molar refractivity (Wildman–Crippen MR) is 34.0 cm³/mol. The van der Waals surface area contributed by atoms with Crippen LogP contribution in [0.5, 0.6) is 0 Å². The van der Waals surface area contributed by atoms with E-state index in [4.69, 9.17) is 4.74 Å². The number of cyclic esters (lactones) is 1. The van der Waals surface area contributed by atoms with Gasteiger partial charge in [-0.15, -0.1) is 0 Å². The topological polar surface area (TPSA) is 26.3 Å². The summed E-state index contributed by atoms with van der Waals surface area (Å²) in [6.45, 7) is 0.637. The van der Waals surface area contributed by atoms with Gasteiger partial charge < -0.3 is 4.74 Å². The van der Waals surface area contributed by atoms with Gasteiger partial charge in [-0.05, 0) is 10.9 Å². The van der Waals surface area contributed by atoms with Crippen LogP contribution >= 0.6 is 0 Å². The molecule has 1 atom stereocenters. The van der Waals surface area contributed by atoms with Crippen molar-refractivity contribution >= 4 is 16.9 Å². The van der Waals surface area contributed by atoms with Gasteiger partial charge in [0, 0.05) is 0 Å². The zero-order chi connectivity index (χ0) is 5.98. The Morgan fingerprint density at radius 2 is 2.50 bits per heavy atom. The highest BCUT2D eigenvalue weighted by molar-refractivity contribution is 7.96. The first-order chi connectivity index (χ1) is 3.79. The molecule has 0 aromatic rings. The van der Waals surface area contributed by atoms with Crippen LogP contribution in [0, 0.1) is 0 Å². The number of carbonyl (C=O) groups is 1. The summed E-state index contributed by atoms with van der Waals surface area (Å²) in [4.78, 5) is 10.5. The molecule has 2 nitrogen and oxygen atoms in total. The fraction of sp³-hybridized carbons (Fsp3) is 0.800. The van der Waals surface area contributed by atoms with Gasteiger partial charge in [0.25, 0.3) is 0 Å². The number of rotatable bonds is 0. The average molecular weight is 133 g/mol. The van der Waals surface area contributed by atoms with Crippen LogP contribution in [0.25, 0.3) is 0 Å². The van der Waals surface area contributed by atoms with Gasteiger partial charge in [0.05, 0.1) is 6.26 Å². The highest BCUT2D eigenvalue weighted by Crippen LogP contribution is 1.99. The minimum atomic E-state index is -0.0258. The third-order valence-electron chi connectivity index (χ3n) is 1.06. The molecule has 0 bridgehead atoms. The Bertz CT molecular complexity index is 103.